The molecule has 1 heterocycles. The summed E-state index contributed by atoms with van der Waals surface area (Å²) in [5, 5.41) is 23.5. The number of nitrogens with zero attached hydrogens (tertiary/aromatic N) is 1. The van der Waals surface area contributed by atoms with E-state index in [9.17, 15) is 18.3 Å². The zero-order chi connectivity index (χ0) is 14.7. The lowest BCUT2D eigenvalue weighted by molar-refractivity contribution is -0.137. The van der Waals surface area contributed by atoms with Crippen LogP contribution < -0.4 is 10.6 Å². The minimum Gasteiger partial charge on any atom is -0.393 e. The van der Waals surface area contributed by atoms with Crippen molar-refractivity contribution < 1.29 is 23.4 Å². The number of anilines is 2. The third-order valence-corrected chi connectivity index (χ3v) is 2.40. The molecule has 0 aliphatic heterocycles. The third kappa shape index (κ3) is 4.56. The Morgan fingerprint density at radius 2 is 1.84 bits per heavy atom. The van der Waals surface area contributed by atoms with Gasteiger partial charge < -0.3 is 20.8 Å². The van der Waals surface area contributed by atoms with Crippen LogP contribution in [0.2, 0.25) is 0 Å². The number of hydrogen-bond donors (Lipinski definition) is 4. The van der Waals surface area contributed by atoms with Gasteiger partial charge in [-0.25, -0.2) is 4.98 Å². The number of alkyl halides is 3. The number of aliphatic hydroxyl groups excluding tert-OH is 1. The Morgan fingerprint density at radius 1 is 1.26 bits per heavy atom. The van der Waals surface area contributed by atoms with Crippen molar-refractivity contribution in [2.45, 2.75) is 18.7 Å². The molecule has 1 aromatic heterocycles. The number of halogens is 3. The van der Waals surface area contributed by atoms with Gasteiger partial charge in [-0.3, -0.25) is 0 Å². The van der Waals surface area contributed by atoms with Gasteiger partial charge in [-0.05, 0) is 19.1 Å². The van der Waals surface area contributed by atoms with E-state index in [4.69, 9.17) is 5.11 Å². The predicted molar refractivity (Wildman–Crippen MR) is 65.0 cm³/mol. The van der Waals surface area contributed by atoms with Crippen molar-refractivity contribution in [2.75, 3.05) is 30.8 Å². The molecule has 0 aliphatic rings. The summed E-state index contributed by atoms with van der Waals surface area (Å²) in [5.74, 6) is 0.0221. The smallest absolute Gasteiger partial charge is 0.393 e. The van der Waals surface area contributed by atoms with Crippen molar-refractivity contribution >= 4 is 11.6 Å². The summed E-state index contributed by atoms with van der Waals surface area (Å²) >= 11 is 0. The summed E-state index contributed by atoms with van der Waals surface area (Å²) in [4.78, 5) is 3.89. The second-order valence-corrected chi connectivity index (χ2v) is 4.38. The van der Waals surface area contributed by atoms with Crippen LogP contribution in [0.15, 0.2) is 12.1 Å². The maximum absolute atomic E-state index is 12.7. The quantitative estimate of drug-likeness (QED) is 0.653. The van der Waals surface area contributed by atoms with Crippen molar-refractivity contribution in [3.8, 4) is 0 Å². The molecule has 0 bridgehead atoms. The van der Waals surface area contributed by atoms with Crippen LogP contribution in [0.3, 0.4) is 0 Å². The number of nitrogens with one attached hydrogen (secondary N) is 2. The van der Waals surface area contributed by atoms with Gasteiger partial charge in [-0.1, -0.05) is 0 Å². The van der Waals surface area contributed by atoms with Crippen molar-refractivity contribution in [3.05, 3.63) is 17.7 Å². The molecule has 0 spiro atoms. The molecule has 108 valence electrons. The second-order valence-electron chi connectivity index (χ2n) is 4.38. The minimum atomic E-state index is -4.48. The summed E-state index contributed by atoms with van der Waals surface area (Å²) in [6.07, 6.45) is -4.48. The van der Waals surface area contributed by atoms with Crippen LogP contribution in [0.5, 0.6) is 0 Å². The molecule has 0 saturated carbocycles. The fraction of sp³-hybridized carbons (Fsp3) is 0.545. The van der Waals surface area contributed by atoms with Crippen molar-refractivity contribution in [3.63, 3.8) is 0 Å². The van der Waals surface area contributed by atoms with Crippen LogP contribution >= 0.6 is 0 Å². The van der Waals surface area contributed by atoms with Gasteiger partial charge in [0.1, 0.15) is 17.2 Å². The van der Waals surface area contributed by atoms with Gasteiger partial charge in [0, 0.05) is 13.6 Å². The fourth-order valence-corrected chi connectivity index (χ4v) is 1.25. The molecule has 0 radical (unpaired) electrons. The Morgan fingerprint density at radius 3 is 2.32 bits per heavy atom. The van der Waals surface area contributed by atoms with Crippen LogP contribution in [0, 0.1) is 0 Å². The van der Waals surface area contributed by atoms with E-state index in [0.29, 0.717) is 0 Å². The van der Waals surface area contributed by atoms with Gasteiger partial charge in [-0.2, -0.15) is 13.2 Å². The largest absolute Gasteiger partial charge is 0.416 e. The van der Waals surface area contributed by atoms with Gasteiger partial charge in [-0.15, -0.1) is 0 Å². The number of rotatable bonds is 5. The molecule has 1 unspecified atom stereocenters. The zero-order valence-electron chi connectivity index (χ0n) is 10.5. The van der Waals surface area contributed by atoms with E-state index in [1.165, 1.54) is 14.0 Å². The molecule has 0 aromatic carbocycles. The van der Waals surface area contributed by atoms with Crippen LogP contribution in [-0.4, -0.2) is 41.0 Å². The van der Waals surface area contributed by atoms with Gasteiger partial charge in [0.2, 0.25) is 0 Å². The minimum absolute atomic E-state index is 0.0344. The summed E-state index contributed by atoms with van der Waals surface area (Å²) in [6, 6.07) is 1.73. The normalized spacial score (nSPS) is 14.9. The van der Waals surface area contributed by atoms with Crippen molar-refractivity contribution in [2.24, 2.45) is 0 Å². The van der Waals surface area contributed by atoms with Crippen LogP contribution in [0.25, 0.3) is 0 Å². The summed E-state index contributed by atoms with van der Waals surface area (Å²) in [7, 11) is 1.45. The fourth-order valence-electron chi connectivity index (χ4n) is 1.25. The van der Waals surface area contributed by atoms with Gasteiger partial charge in [0.15, 0.2) is 0 Å². The molecular weight excluding hydrogens is 263 g/mol. The SMILES string of the molecule is CNc1cc(C(F)(F)F)cc(NCC(C)(O)CO)n1. The Balaban J connectivity index is 2.95. The average molecular weight is 279 g/mol. The van der Waals surface area contributed by atoms with E-state index < -0.39 is 23.9 Å². The first kappa shape index (κ1) is 15.5. The van der Waals surface area contributed by atoms with Gasteiger partial charge in [0.25, 0.3) is 0 Å². The Kier molecular flexibility index (Phi) is 4.59. The molecule has 0 saturated heterocycles. The third-order valence-electron chi connectivity index (χ3n) is 2.40. The summed E-state index contributed by atoms with van der Waals surface area (Å²) < 4.78 is 38.0. The molecule has 1 aromatic rings. The summed E-state index contributed by atoms with van der Waals surface area (Å²) in [5.41, 5.74) is -2.28. The number of aromatic nitrogens is 1. The second kappa shape index (κ2) is 5.62. The molecule has 0 amide bonds. The molecule has 5 nitrogen and oxygen atoms in total. The van der Waals surface area contributed by atoms with E-state index in [0.717, 1.165) is 12.1 Å². The monoisotopic (exact) mass is 279 g/mol. The zero-order valence-corrected chi connectivity index (χ0v) is 10.5. The van der Waals surface area contributed by atoms with Crippen molar-refractivity contribution in [1.29, 1.82) is 0 Å². The first-order valence-corrected chi connectivity index (χ1v) is 5.52. The van der Waals surface area contributed by atoms with E-state index in [1.807, 2.05) is 0 Å². The highest BCUT2D eigenvalue weighted by molar-refractivity contribution is 5.49. The van der Waals surface area contributed by atoms with E-state index in [1.54, 1.807) is 0 Å². The molecule has 0 aliphatic carbocycles. The molecule has 8 heteroatoms. The first-order chi connectivity index (χ1) is 8.68. The number of hydrogen-bond acceptors (Lipinski definition) is 5. The highest BCUT2D eigenvalue weighted by Gasteiger charge is 2.31. The lowest BCUT2D eigenvalue weighted by atomic mass is 10.1. The highest BCUT2D eigenvalue weighted by atomic mass is 19.4. The molecule has 19 heavy (non-hydrogen) atoms. The molecule has 1 atom stereocenters. The van der Waals surface area contributed by atoms with Crippen LogP contribution in [-0.2, 0) is 6.18 Å². The average Bonchev–Trinajstić information content (AvgIpc) is 2.35. The maximum atomic E-state index is 12.7. The first-order valence-electron chi connectivity index (χ1n) is 5.52. The Labute approximate surface area is 108 Å². The molecular formula is C11H16F3N3O2. The maximum Gasteiger partial charge on any atom is 0.416 e. The highest BCUT2D eigenvalue weighted by Crippen LogP contribution is 2.32. The molecule has 1 rings (SSSR count). The predicted octanol–water partition coefficient (Wildman–Crippen LogP) is 1.30. The number of pyridine rings is 1. The van der Waals surface area contributed by atoms with Crippen LogP contribution in [0.4, 0.5) is 24.8 Å². The summed E-state index contributed by atoms with van der Waals surface area (Å²) in [6.45, 7) is 0.714. The lowest BCUT2D eigenvalue weighted by Gasteiger charge is -2.21. The standard InChI is InChI=1S/C11H16F3N3O2/c1-10(19,6-18)5-16-9-4-7(11(12,13)14)3-8(15-2)17-9/h3-4,18-19H,5-6H2,1-2H3,(H2,15,16,17). The van der Waals surface area contributed by atoms with Crippen molar-refractivity contribution in [1.82, 2.24) is 4.98 Å². The molecule has 0 fully saturated rings. The molecule has 4 N–H and O–H groups in total. The van der Waals surface area contributed by atoms with Gasteiger partial charge in [0.05, 0.1) is 12.2 Å². The van der Waals surface area contributed by atoms with E-state index in [-0.39, 0.29) is 18.2 Å². The van der Waals surface area contributed by atoms with E-state index >= 15 is 0 Å². The topological polar surface area (TPSA) is 77.4 Å². The van der Waals surface area contributed by atoms with Crippen LogP contribution in [0.1, 0.15) is 12.5 Å². The van der Waals surface area contributed by atoms with Gasteiger partial charge >= 0.3 is 6.18 Å². The van der Waals surface area contributed by atoms with E-state index in [2.05, 4.69) is 15.6 Å². The number of aliphatic hydroxyl groups is 2. The lowest BCUT2D eigenvalue weighted by Crippen LogP contribution is -2.37. The Bertz CT molecular complexity index is 436. The Hall–Kier alpha value is -1.54.